The third-order valence-electron chi connectivity index (χ3n) is 4.73. The maximum atomic E-state index is 12.7. The fraction of sp³-hybridized carbons (Fsp3) is 0.350. The zero-order valence-corrected chi connectivity index (χ0v) is 17.4. The van der Waals surface area contributed by atoms with Gasteiger partial charge in [-0.3, -0.25) is 10.1 Å². The number of hydrogen-bond acceptors (Lipinski definition) is 9. The highest BCUT2D eigenvalue weighted by Gasteiger charge is 2.25. The number of nitrogens with one attached hydrogen (secondary N) is 2. The summed E-state index contributed by atoms with van der Waals surface area (Å²) in [4.78, 5) is 14.9. The van der Waals surface area contributed by atoms with Crippen molar-refractivity contribution in [2.45, 2.75) is 25.5 Å². The Morgan fingerprint density at radius 3 is 2.80 bits per heavy atom. The van der Waals surface area contributed by atoms with Gasteiger partial charge in [-0.1, -0.05) is 41.7 Å². The van der Waals surface area contributed by atoms with Crippen molar-refractivity contribution in [2.75, 3.05) is 35.2 Å². The van der Waals surface area contributed by atoms with Crippen LogP contribution in [0.3, 0.4) is 0 Å². The molecule has 2 atom stereocenters. The highest BCUT2D eigenvalue weighted by Crippen LogP contribution is 2.26. The van der Waals surface area contributed by atoms with Crippen LogP contribution in [0.4, 0.5) is 16.1 Å². The van der Waals surface area contributed by atoms with E-state index in [1.807, 2.05) is 49.4 Å². The summed E-state index contributed by atoms with van der Waals surface area (Å²) in [6.45, 7) is 3.99. The first-order valence-corrected chi connectivity index (χ1v) is 10.6. The molecule has 2 N–H and O–H groups in total. The van der Waals surface area contributed by atoms with E-state index in [1.54, 1.807) is 6.20 Å². The van der Waals surface area contributed by atoms with E-state index in [9.17, 15) is 4.79 Å². The second-order valence-corrected chi connectivity index (χ2v) is 7.78. The van der Waals surface area contributed by atoms with Gasteiger partial charge in [0.05, 0.1) is 0 Å². The number of amides is 1. The van der Waals surface area contributed by atoms with Gasteiger partial charge < -0.3 is 15.0 Å². The quantitative estimate of drug-likeness (QED) is 0.568. The van der Waals surface area contributed by atoms with Crippen LogP contribution in [0.5, 0.6) is 0 Å². The Balaban J connectivity index is 1.34. The van der Waals surface area contributed by atoms with E-state index >= 15 is 0 Å². The van der Waals surface area contributed by atoms with E-state index in [0.717, 1.165) is 30.9 Å². The normalized spacial score (nSPS) is 17.0. The molecule has 9 nitrogen and oxygen atoms in total. The predicted molar refractivity (Wildman–Crippen MR) is 116 cm³/mol. The van der Waals surface area contributed by atoms with E-state index in [0.29, 0.717) is 16.9 Å². The van der Waals surface area contributed by atoms with E-state index < -0.39 is 6.10 Å². The van der Waals surface area contributed by atoms with Crippen LogP contribution in [-0.4, -0.2) is 52.0 Å². The van der Waals surface area contributed by atoms with Gasteiger partial charge in [-0.25, -0.2) is 0 Å². The number of aromatic nitrogens is 4. The van der Waals surface area contributed by atoms with Crippen LogP contribution in [0.2, 0.25) is 0 Å². The molecule has 1 saturated heterocycles. The molecule has 156 valence electrons. The summed E-state index contributed by atoms with van der Waals surface area (Å²) in [7, 11) is 0. The fourth-order valence-corrected chi connectivity index (χ4v) is 4.07. The molecule has 0 saturated carbocycles. The van der Waals surface area contributed by atoms with Gasteiger partial charge in [0.1, 0.15) is 0 Å². The summed E-state index contributed by atoms with van der Waals surface area (Å²) < 4.78 is 5.64. The molecule has 0 spiro atoms. The molecule has 1 aliphatic rings. The number of carbonyl (C=O) groups is 1. The monoisotopic (exact) mass is 425 g/mol. The van der Waals surface area contributed by atoms with Crippen LogP contribution in [0, 0.1) is 0 Å². The van der Waals surface area contributed by atoms with Crippen LogP contribution in [0.25, 0.3) is 0 Å². The Bertz CT molecular complexity index is 954. The molecule has 3 heterocycles. The van der Waals surface area contributed by atoms with Gasteiger partial charge in [-0.05, 0) is 31.0 Å². The molecule has 2 aromatic heterocycles. The van der Waals surface area contributed by atoms with Crippen LogP contribution in [0.1, 0.15) is 25.0 Å². The maximum absolute atomic E-state index is 12.7. The number of carbonyl (C=O) groups excluding carboxylic acids is 1. The van der Waals surface area contributed by atoms with Crippen LogP contribution >= 0.6 is 11.3 Å². The summed E-state index contributed by atoms with van der Waals surface area (Å²) in [5.41, 5.74) is 0.801. The maximum Gasteiger partial charge on any atom is 0.259 e. The van der Waals surface area contributed by atoms with Crippen molar-refractivity contribution in [2.24, 2.45) is 0 Å². The first kappa shape index (κ1) is 20.2. The van der Waals surface area contributed by atoms with Crippen molar-refractivity contribution in [1.82, 2.24) is 20.4 Å². The second kappa shape index (κ2) is 9.59. The lowest BCUT2D eigenvalue weighted by molar-refractivity contribution is -0.127. The Labute approximate surface area is 178 Å². The smallest absolute Gasteiger partial charge is 0.259 e. The first-order chi connectivity index (χ1) is 14.7. The van der Waals surface area contributed by atoms with E-state index in [-0.39, 0.29) is 11.9 Å². The second-order valence-electron chi connectivity index (χ2n) is 6.81. The van der Waals surface area contributed by atoms with Crippen molar-refractivity contribution in [3.63, 3.8) is 0 Å². The topological polar surface area (TPSA) is 105 Å². The number of rotatable bonds is 8. The highest BCUT2D eigenvalue weighted by molar-refractivity contribution is 7.19. The van der Waals surface area contributed by atoms with E-state index in [4.69, 9.17) is 4.74 Å². The molecule has 0 bridgehead atoms. The van der Waals surface area contributed by atoms with Crippen LogP contribution < -0.4 is 15.5 Å². The Morgan fingerprint density at radius 1 is 1.20 bits per heavy atom. The fourth-order valence-electron chi connectivity index (χ4n) is 3.34. The molecule has 3 aromatic rings. The molecule has 0 aliphatic carbocycles. The first-order valence-electron chi connectivity index (χ1n) is 9.83. The summed E-state index contributed by atoms with van der Waals surface area (Å²) >= 11 is 1.31. The molecule has 1 aromatic carbocycles. The number of nitrogens with zero attached hydrogens (tertiary/aromatic N) is 5. The van der Waals surface area contributed by atoms with Gasteiger partial charge in [0, 0.05) is 31.9 Å². The summed E-state index contributed by atoms with van der Waals surface area (Å²) in [5.74, 6) is 0.607. The summed E-state index contributed by atoms with van der Waals surface area (Å²) in [5, 5.41) is 23.7. The third-order valence-corrected chi connectivity index (χ3v) is 5.50. The molecule has 0 radical (unpaired) electrons. The van der Waals surface area contributed by atoms with Gasteiger partial charge in [0.2, 0.25) is 10.3 Å². The standard InChI is InChI=1S/C20H23N7O2S/c1-2-29-17(14-7-4-3-5-8-14)18(28)23-20-26-25-19(30-20)22-15-10-12-27(13-15)16-9-6-11-21-24-16/h3-9,11,15,17H,2,10,12-13H2,1H3,(H,22,25)(H,23,26,28)/t15-,17-/m1/s1. The average Bonchev–Trinajstić information content (AvgIpc) is 3.43. The summed E-state index contributed by atoms with van der Waals surface area (Å²) in [6.07, 6.45) is 1.94. The third kappa shape index (κ3) is 4.89. The van der Waals surface area contributed by atoms with Crippen LogP contribution in [-0.2, 0) is 9.53 Å². The number of ether oxygens (including phenoxy) is 1. The summed E-state index contributed by atoms with van der Waals surface area (Å²) in [6, 6.07) is 13.5. The Hall–Kier alpha value is -3.11. The molecule has 10 heteroatoms. The SMILES string of the molecule is CCO[C@@H](C(=O)Nc1nnc(N[C@@H]2CCN(c3cccnn3)C2)s1)c1ccccc1. The number of anilines is 3. The minimum Gasteiger partial charge on any atom is -0.364 e. The van der Waals surface area contributed by atoms with Crippen molar-refractivity contribution < 1.29 is 9.53 Å². The lowest BCUT2D eigenvalue weighted by atomic mass is 10.1. The number of hydrogen-bond donors (Lipinski definition) is 2. The zero-order chi connectivity index (χ0) is 20.8. The van der Waals surface area contributed by atoms with E-state index in [2.05, 4.69) is 35.9 Å². The molecular weight excluding hydrogens is 402 g/mol. The largest absolute Gasteiger partial charge is 0.364 e. The molecule has 0 unspecified atom stereocenters. The Morgan fingerprint density at radius 2 is 2.03 bits per heavy atom. The minimum absolute atomic E-state index is 0.226. The average molecular weight is 426 g/mol. The molecule has 4 rings (SSSR count). The highest BCUT2D eigenvalue weighted by atomic mass is 32.1. The lowest BCUT2D eigenvalue weighted by Gasteiger charge is -2.16. The van der Waals surface area contributed by atoms with Gasteiger partial charge in [-0.2, -0.15) is 5.10 Å². The molecule has 1 aliphatic heterocycles. The van der Waals surface area contributed by atoms with Gasteiger partial charge in [-0.15, -0.1) is 15.3 Å². The minimum atomic E-state index is -0.688. The van der Waals surface area contributed by atoms with Crippen molar-refractivity contribution >= 4 is 33.3 Å². The molecule has 1 fully saturated rings. The lowest BCUT2D eigenvalue weighted by Crippen LogP contribution is -2.26. The molecule has 30 heavy (non-hydrogen) atoms. The van der Waals surface area contributed by atoms with E-state index in [1.165, 1.54) is 11.3 Å². The zero-order valence-electron chi connectivity index (χ0n) is 16.6. The molecule has 1 amide bonds. The Kier molecular flexibility index (Phi) is 6.45. The van der Waals surface area contributed by atoms with Gasteiger partial charge in [0.15, 0.2) is 11.9 Å². The number of benzene rings is 1. The predicted octanol–water partition coefficient (Wildman–Crippen LogP) is 2.74. The van der Waals surface area contributed by atoms with Crippen molar-refractivity contribution in [1.29, 1.82) is 0 Å². The van der Waals surface area contributed by atoms with Crippen molar-refractivity contribution in [3.05, 3.63) is 54.2 Å². The van der Waals surface area contributed by atoms with Gasteiger partial charge >= 0.3 is 0 Å². The van der Waals surface area contributed by atoms with Gasteiger partial charge in [0.25, 0.3) is 5.91 Å². The van der Waals surface area contributed by atoms with Crippen molar-refractivity contribution in [3.8, 4) is 0 Å². The van der Waals surface area contributed by atoms with Crippen LogP contribution in [0.15, 0.2) is 48.7 Å². The molecular formula is C20H23N7O2S.